The van der Waals surface area contributed by atoms with Crippen molar-refractivity contribution in [1.82, 2.24) is 4.98 Å². The lowest BCUT2D eigenvalue weighted by Crippen LogP contribution is -2.17. The first-order valence-electron chi connectivity index (χ1n) is 8.03. The van der Waals surface area contributed by atoms with Gasteiger partial charge in [0.1, 0.15) is 10.9 Å². The van der Waals surface area contributed by atoms with Crippen LogP contribution in [-0.4, -0.2) is 17.8 Å². The summed E-state index contributed by atoms with van der Waals surface area (Å²) in [5.74, 6) is 0.820. The Morgan fingerprint density at radius 1 is 1.08 bits per heavy atom. The van der Waals surface area contributed by atoms with Gasteiger partial charge in [-0.2, -0.15) is 5.10 Å². The van der Waals surface area contributed by atoms with Gasteiger partial charge in [0.05, 0.1) is 29.4 Å². The summed E-state index contributed by atoms with van der Waals surface area (Å²) < 4.78 is 5.68. The molecule has 1 aliphatic rings. The Labute approximate surface area is 165 Å². The van der Waals surface area contributed by atoms with Gasteiger partial charge in [-0.25, -0.2) is 4.98 Å². The number of para-hydroxylation sites is 1. The topological polar surface area (TPSA) is 37.7 Å². The summed E-state index contributed by atoms with van der Waals surface area (Å²) in [6.07, 6.45) is 0.722. The number of nitrogens with zero attached hydrogens (tertiary/aromatic N) is 3. The van der Waals surface area contributed by atoms with Gasteiger partial charge in [-0.1, -0.05) is 41.4 Å². The van der Waals surface area contributed by atoms with Crippen molar-refractivity contribution in [3.63, 3.8) is 0 Å². The fourth-order valence-electron chi connectivity index (χ4n) is 2.98. The second kappa shape index (κ2) is 7.27. The number of hydrogen-bond acceptors (Lipinski definition) is 5. The molecule has 1 atom stereocenters. The minimum atomic E-state index is -0.0352. The highest BCUT2D eigenvalue weighted by molar-refractivity contribution is 7.16. The molecule has 0 saturated heterocycles. The summed E-state index contributed by atoms with van der Waals surface area (Å²) in [4.78, 5) is 5.08. The van der Waals surface area contributed by atoms with E-state index in [4.69, 9.17) is 33.0 Å². The number of hydrazone groups is 1. The standard InChI is InChI=1S/C19H15Cl2N3OS/c1-25-14-9-7-12(8-10-14)15-11-16(17-18(20)22-19(21)26-17)24(23-15)13-5-3-2-4-6-13/h2-10,16H,11H2,1H3. The molecule has 7 heteroatoms. The number of anilines is 1. The van der Waals surface area contributed by atoms with Gasteiger partial charge in [-0.05, 0) is 42.0 Å². The quantitative estimate of drug-likeness (QED) is 0.550. The van der Waals surface area contributed by atoms with Gasteiger partial charge < -0.3 is 4.74 Å². The molecule has 2 heterocycles. The lowest BCUT2D eigenvalue weighted by Gasteiger charge is -2.22. The number of benzene rings is 2. The SMILES string of the molecule is COc1ccc(C2=NN(c3ccccc3)C(c3sc(Cl)nc3Cl)C2)cc1. The second-order valence-corrected chi connectivity index (χ2v) is 7.77. The molecule has 26 heavy (non-hydrogen) atoms. The summed E-state index contributed by atoms with van der Waals surface area (Å²) in [6.45, 7) is 0. The van der Waals surface area contributed by atoms with E-state index < -0.39 is 0 Å². The fourth-order valence-corrected chi connectivity index (χ4v) is 4.51. The van der Waals surface area contributed by atoms with Gasteiger partial charge in [0.2, 0.25) is 0 Å². The Balaban J connectivity index is 1.74. The van der Waals surface area contributed by atoms with Crippen LogP contribution in [0.15, 0.2) is 59.7 Å². The van der Waals surface area contributed by atoms with Crippen molar-refractivity contribution in [2.75, 3.05) is 12.1 Å². The number of rotatable bonds is 4. The van der Waals surface area contributed by atoms with E-state index in [1.54, 1.807) is 7.11 Å². The number of aromatic nitrogens is 1. The van der Waals surface area contributed by atoms with Crippen LogP contribution in [0.2, 0.25) is 9.62 Å². The van der Waals surface area contributed by atoms with Crippen molar-refractivity contribution in [1.29, 1.82) is 0 Å². The molecule has 132 valence electrons. The molecule has 0 radical (unpaired) electrons. The first kappa shape index (κ1) is 17.3. The third kappa shape index (κ3) is 3.30. The van der Waals surface area contributed by atoms with Crippen LogP contribution >= 0.6 is 34.5 Å². The summed E-state index contributed by atoms with van der Waals surface area (Å²) in [5.41, 5.74) is 3.05. The minimum Gasteiger partial charge on any atom is -0.497 e. The highest BCUT2D eigenvalue weighted by Crippen LogP contribution is 2.42. The maximum Gasteiger partial charge on any atom is 0.185 e. The maximum atomic E-state index is 6.33. The van der Waals surface area contributed by atoms with Gasteiger partial charge in [0.15, 0.2) is 4.47 Å². The molecule has 1 aliphatic heterocycles. The van der Waals surface area contributed by atoms with Gasteiger partial charge >= 0.3 is 0 Å². The molecular weight excluding hydrogens is 389 g/mol. The van der Waals surface area contributed by atoms with E-state index in [1.807, 2.05) is 59.6 Å². The molecule has 0 bridgehead atoms. The zero-order chi connectivity index (χ0) is 18.1. The number of methoxy groups -OCH3 is 1. The van der Waals surface area contributed by atoms with E-state index in [0.29, 0.717) is 9.62 Å². The molecular formula is C19H15Cl2N3OS. The predicted molar refractivity (Wildman–Crippen MR) is 108 cm³/mol. The molecule has 2 aromatic carbocycles. The minimum absolute atomic E-state index is 0.0352. The van der Waals surface area contributed by atoms with Crippen LogP contribution in [0, 0.1) is 0 Å². The normalized spacial score (nSPS) is 16.7. The maximum absolute atomic E-state index is 6.33. The first-order chi connectivity index (χ1) is 12.7. The van der Waals surface area contributed by atoms with Crippen molar-refractivity contribution >= 4 is 45.9 Å². The third-order valence-corrected chi connectivity index (χ3v) is 5.90. The van der Waals surface area contributed by atoms with Gasteiger partial charge in [0, 0.05) is 6.42 Å². The van der Waals surface area contributed by atoms with Crippen molar-refractivity contribution in [2.45, 2.75) is 12.5 Å². The number of halogens is 2. The number of thiazole rings is 1. The second-order valence-electron chi connectivity index (χ2n) is 5.80. The van der Waals surface area contributed by atoms with Gasteiger partial charge in [0.25, 0.3) is 0 Å². The summed E-state index contributed by atoms with van der Waals surface area (Å²) in [7, 11) is 1.66. The van der Waals surface area contributed by atoms with E-state index in [0.717, 1.165) is 34.0 Å². The van der Waals surface area contributed by atoms with Gasteiger partial charge in [-0.15, -0.1) is 11.3 Å². The molecule has 4 rings (SSSR count). The smallest absolute Gasteiger partial charge is 0.185 e. The average Bonchev–Trinajstić information content (AvgIpc) is 3.25. The Morgan fingerprint density at radius 3 is 2.42 bits per heavy atom. The zero-order valence-electron chi connectivity index (χ0n) is 13.9. The van der Waals surface area contributed by atoms with E-state index in [1.165, 1.54) is 11.3 Å². The van der Waals surface area contributed by atoms with Crippen molar-refractivity contribution in [3.8, 4) is 5.75 Å². The van der Waals surface area contributed by atoms with Crippen molar-refractivity contribution in [3.05, 3.63) is 74.7 Å². The van der Waals surface area contributed by atoms with Crippen LogP contribution in [-0.2, 0) is 0 Å². The summed E-state index contributed by atoms with van der Waals surface area (Å²) >= 11 is 13.8. The van der Waals surface area contributed by atoms with Crippen LogP contribution in [0.4, 0.5) is 5.69 Å². The monoisotopic (exact) mass is 403 g/mol. The fraction of sp³-hybridized carbons (Fsp3) is 0.158. The van der Waals surface area contributed by atoms with Gasteiger partial charge in [-0.3, -0.25) is 5.01 Å². The molecule has 0 spiro atoms. The molecule has 0 N–H and O–H groups in total. The molecule has 1 aromatic heterocycles. The zero-order valence-corrected chi connectivity index (χ0v) is 16.2. The lowest BCUT2D eigenvalue weighted by molar-refractivity contribution is 0.415. The molecule has 0 fully saturated rings. The molecule has 3 aromatic rings. The number of ether oxygens (including phenoxy) is 1. The largest absolute Gasteiger partial charge is 0.497 e. The first-order valence-corrected chi connectivity index (χ1v) is 9.61. The van der Waals surface area contributed by atoms with Crippen molar-refractivity contribution in [2.24, 2.45) is 5.10 Å². The van der Waals surface area contributed by atoms with Crippen LogP contribution in [0.1, 0.15) is 22.9 Å². The highest BCUT2D eigenvalue weighted by Gasteiger charge is 2.33. The average molecular weight is 404 g/mol. The lowest BCUT2D eigenvalue weighted by atomic mass is 10.0. The van der Waals surface area contributed by atoms with E-state index in [-0.39, 0.29) is 6.04 Å². The van der Waals surface area contributed by atoms with E-state index >= 15 is 0 Å². The molecule has 1 unspecified atom stereocenters. The Morgan fingerprint density at radius 2 is 1.81 bits per heavy atom. The highest BCUT2D eigenvalue weighted by atomic mass is 35.5. The molecule has 0 saturated carbocycles. The summed E-state index contributed by atoms with van der Waals surface area (Å²) in [6, 6.07) is 17.9. The molecule has 0 amide bonds. The number of hydrogen-bond donors (Lipinski definition) is 0. The van der Waals surface area contributed by atoms with Crippen LogP contribution in [0.3, 0.4) is 0 Å². The van der Waals surface area contributed by atoms with Crippen LogP contribution in [0.25, 0.3) is 0 Å². The van der Waals surface area contributed by atoms with E-state index in [2.05, 4.69) is 4.98 Å². The molecule has 4 nitrogen and oxygen atoms in total. The van der Waals surface area contributed by atoms with Crippen LogP contribution < -0.4 is 9.75 Å². The Kier molecular flexibility index (Phi) is 4.85. The Hall–Kier alpha value is -2.08. The van der Waals surface area contributed by atoms with Crippen LogP contribution in [0.5, 0.6) is 5.75 Å². The summed E-state index contributed by atoms with van der Waals surface area (Å²) in [5, 5.41) is 7.32. The van der Waals surface area contributed by atoms with Crippen molar-refractivity contribution < 1.29 is 4.74 Å². The Bertz CT molecular complexity index is 941. The predicted octanol–water partition coefficient (Wildman–Crippen LogP) is 5.81. The third-order valence-electron chi connectivity index (χ3n) is 4.24. The van der Waals surface area contributed by atoms with E-state index in [9.17, 15) is 0 Å². The molecule has 0 aliphatic carbocycles.